The van der Waals surface area contributed by atoms with Crippen molar-refractivity contribution in [1.29, 1.82) is 0 Å². The van der Waals surface area contributed by atoms with Crippen LogP contribution in [-0.2, 0) is 0 Å². The predicted octanol–water partition coefficient (Wildman–Crippen LogP) is 5.46. The van der Waals surface area contributed by atoms with E-state index in [1.807, 2.05) is 0 Å². The summed E-state index contributed by atoms with van der Waals surface area (Å²) in [6.45, 7) is 10.5. The summed E-state index contributed by atoms with van der Waals surface area (Å²) < 4.78 is 19.6. The zero-order chi connectivity index (χ0) is 20.6. The molecule has 6 heteroatoms. The molecule has 0 radical (unpaired) electrons. The molecule has 2 aliphatic rings. The van der Waals surface area contributed by atoms with E-state index in [0.717, 1.165) is 24.7 Å². The molecule has 1 aliphatic carbocycles. The number of hydrogen-bond acceptors (Lipinski definition) is 4. The molecule has 1 saturated carbocycles. The molecule has 4 nitrogen and oxygen atoms in total. The van der Waals surface area contributed by atoms with Gasteiger partial charge in [0, 0.05) is 24.7 Å². The van der Waals surface area contributed by atoms with Crippen molar-refractivity contribution in [2.75, 3.05) is 19.6 Å². The fourth-order valence-electron chi connectivity index (χ4n) is 4.50. The Bertz CT molecular complexity index is 838. The maximum absolute atomic E-state index is 13.5. The van der Waals surface area contributed by atoms with Gasteiger partial charge in [0.25, 0.3) is 0 Å². The van der Waals surface area contributed by atoms with Gasteiger partial charge in [-0.1, -0.05) is 32.4 Å². The molecule has 0 bridgehead atoms. The highest BCUT2D eigenvalue weighted by molar-refractivity contribution is 6.33. The number of halogens is 2. The number of nitrogens with zero attached hydrogens (tertiary/aromatic N) is 3. The van der Waals surface area contributed by atoms with E-state index in [1.54, 1.807) is 12.1 Å². The number of hydrogen-bond donors (Lipinski definition) is 0. The van der Waals surface area contributed by atoms with Crippen LogP contribution in [0.5, 0.6) is 5.88 Å². The summed E-state index contributed by atoms with van der Waals surface area (Å²) in [4.78, 5) is 2.62. The molecule has 1 saturated heterocycles. The van der Waals surface area contributed by atoms with Crippen LogP contribution in [0.4, 0.5) is 4.39 Å². The lowest BCUT2D eigenvalue weighted by Gasteiger charge is -2.24. The third kappa shape index (κ3) is 5.07. The van der Waals surface area contributed by atoms with Crippen molar-refractivity contribution in [1.82, 2.24) is 15.1 Å². The second-order valence-electron chi connectivity index (χ2n) is 9.68. The van der Waals surface area contributed by atoms with Crippen LogP contribution in [-0.4, -0.2) is 40.8 Å². The molecule has 1 aromatic carbocycles. The van der Waals surface area contributed by atoms with Gasteiger partial charge in [0.15, 0.2) is 0 Å². The number of fused-ring (bicyclic) bond motifs is 1. The van der Waals surface area contributed by atoms with Crippen LogP contribution in [0.15, 0.2) is 30.3 Å². The Morgan fingerprint density at radius 3 is 2.45 bits per heavy atom. The Labute approximate surface area is 177 Å². The molecule has 156 valence electrons. The third-order valence-electron chi connectivity index (χ3n) is 6.09. The van der Waals surface area contributed by atoms with Crippen molar-refractivity contribution in [2.24, 2.45) is 17.3 Å². The quantitative estimate of drug-likeness (QED) is 0.647. The summed E-state index contributed by atoms with van der Waals surface area (Å²) in [7, 11) is 0. The average molecular weight is 418 g/mol. The fraction of sp³-hybridized carbons (Fsp3) is 0.565. The van der Waals surface area contributed by atoms with E-state index in [2.05, 4.69) is 35.9 Å². The van der Waals surface area contributed by atoms with Gasteiger partial charge in [-0.15, -0.1) is 10.2 Å². The smallest absolute Gasteiger partial charge is 0.233 e. The molecule has 0 N–H and O–H groups in total. The van der Waals surface area contributed by atoms with E-state index < -0.39 is 0 Å². The second-order valence-corrected chi connectivity index (χ2v) is 10.1. The van der Waals surface area contributed by atoms with Gasteiger partial charge in [0.05, 0.1) is 10.7 Å². The molecule has 0 unspecified atom stereocenters. The monoisotopic (exact) mass is 417 g/mol. The molecule has 4 rings (SSSR count). The normalized spacial score (nSPS) is 24.7. The fourth-order valence-corrected chi connectivity index (χ4v) is 4.72. The Kier molecular flexibility index (Phi) is 5.80. The lowest BCUT2D eigenvalue weighted by molar-refractivity contribution is 0.173. The van der Waals surface area contributed by atoms with Crippen LogP contribution in [0.2, 0.25) is 5.02 Å². The molecule has 1 aromatic heterocycles. The first kappa shape index (κ1) is 20.5. The summed E-state index contributed by atoms with van der Waals surface area (Å²) in [6.07, 6.45) is 3.60. The summed E-state index contributed by atoms with van der Waals surface area (Å²) in [5.41, 5.74) is 1.47. The van der Waals surface area contributed by atoms with Gasteiger partial charge in [-0.05, 0) is 67.3 Å². The molecule has 29 heavy (non-hydrogen) atoms. The van der Waals surface area contributed by atoms with Gasteiger partial charge in [0.2, 0.25) is 5.88 Å². The van der Waals surface area contributed by atoms with Gasteiger partial charge in [-0.2, -0.15) is 0 Å². The number of benzene rings is 1. The van der Waals surface area contributed by atoms with Crippen LogP contribution >= 0.6 is 11.6 Å². The maximum Gasteiger partial charge on any atom is 0.233 e. The first-order valence-electron chi connectivity index (χ1n) is 10.4. The van der Waals surface area contributed by atoms with E-state index in [-0.39, 0.29) is 11.9 Å². The van der Waals surface area contributed by atoms with Gasteiger partial charge in [-0.3, -0.25) is 0 Å². The van der Waals surface area contributed by atoms with Crippen LogP contribution < -0.4 is 4.74 Å². The molecule has 2 aromatic rings. The van der Waals surface area contributed by atoms with E-state index in [1.165, 1.54) is 44.3 Å². The standard InChI is InChI=1S/C23H29ClFN3O/c1-23(2,3)8-9-28-13-15-10-18(11-16(15)14-28)29-22-7-6-21(26-27-22)19-12-17(25)4-5-20(19)24/h4-7,12,15-16,18H,8-11,13-14H2,1-3H3/t15-,16+,18+. The first-order chi connectivity index (χ1) is 13.8. The van der Waals surface area contributed by atoms with Crippen molar-refractivity contribution in [3.63, 3.8) is 0 Å². The number of rotatable bonds is 5. The number of ether oxygens (including phenoxy) is 1. The SMILES string of the molecule is CC(C)(C)CCN1C[C@H]2C[C@H](Oc3ccc(-c4cc(F)ccc4Cl)nn3)C[C@H]2C1. The Morgan fingerprint density at radius 2 is 1.83 bits per heavy atom. The van der Waals surface area contributed by atoms with Crippen LogP contribution in [0, 0.1) is 23.1 Å². The molecule has 1 aliphatic heterocycles. The Morgan fingerprint density at radius 1 is 1.10 bits per heavy atom. The zero-order valence-corrected chi connectivity index (χ0v) is 18.1. The van der Waals surface area contributed by atoms with Gasteiger partial charge in [-0.25, -0.2) is 4.39 Å². The van der Waals surface area contributed by atoms with Crippen LogP contribution in [0.25, 0.3) is 11.3 Å². The van der Waals surface area contributed by atoms with E-state index in [0.29, 0.717) is 27.6 Å². The summed E-state index contributed by atoms with van der Waals surface area (Å²) in [6, 6.07) is 7.81. The molecule has 0 amide bonds. The van der Waals surface area contributed by atoms with Crippen LogP contribution in [0.3, 0.4) is 0 Å². The minimum Gasteiger partial charge on any atom is -0.473 e. The van der Waals surface area contributed by atoms with E-state index in [4.69, 9.17) is 16.3 Å². The highest BCUT2D eigenvalue weighted by atomic mass is 35.5. The molecular formula is C23H29ClFN3O. The van der Waals surface area contributed by atoms with Gasteiger partial charge in [0.1, 0.15) is 11.9 Å². The maximum atomic E-state index is 13.5. The van der Waals surface area contributed by atoms with Gasteiger partial charge < -0.3 is 9.64 Å². The first-order valence-corrected chi connectivity index (χ1v) is 10.8. The number of aromatic nitrogens is 2. The highest BCUT2D eigenvalue weighted by Gasteiger charge is 2.41. The lowest BCUT2D eigenvalue weighted by atomic mass is 9.92. The predicted molar refractivity (Wildman–Crippen MR) is 114 cm³/mol. The summed E-state index contributed by atoms with van der Waals surface area (Å²) in [5.74, 6) is 1.62. The lowest BCUT2D eigenvalue weighted by Crippen LogP contribution is -2.28. The largest absolute Gasteiger partial charge is 0.473 e. The van der Waals surface area contributed by atoms with E-state index >= 15 is 0 Å². The molecule has 0 spiro atoms. The third-order valence-corrected chi connectivity index (χ3v) is 6.42. The van der Waals surface area contributed by atoms with Crippen molar-refractivity contribution in [3.8, 4) is 17.1 Å². The van der Waals surface area contributed by atoms with E-state index in [9.17, 15) is 4.39 Å². The minimum atomic E-state index is -0.347. The Hall–Kier alpha value is -1.72. The highest BCUT2D eigenvalue weighted by Crippen LogP contribution is 2.40. The molecule has 2 fully saturated rings. The topological polar surface area (TPSA) is 38.2 Å². The van der Waals surface area contributed by atoms with Crippen LogP contribution in [0.1, 0.15) is 40.0 Å². The second kappa shape index (κ2) is 8.19. The summed E-state index contributed by atoms with van der Waals surface area (Å²) in [5, 5.41) is 8.83. The molecule has 2 heterocycles. The van der Waals surface area contributed by atoms with Crippen molar-refractivity contribution in [3.05, 3.63) is 41.2 Å². The van der Waals surface area contributed by atoms with Crippen molar-refractivity contribution >= 4 is 11.6 Å². The van der Waals surface area contributed by atoms with Crippen molar-refractivity contribution < 1.29 is 9.13 Å². The summed E-state index contributed by atoms with van der Waals surface area (Å²) >= 11 is 6.15. The van der Waals surface area contributed by atoms with Crippen molar-refractivity contribution in [2.45, 2.75) is 46.1 Å². The minimum absolute atomic E-state index is 0.202. The molecule has 3 atom stereocenters. The Balaban J connectivity index is 1.31. The number of likely N-dealkylation sites (tertiary alicyclic amines) is 1. The zero-order valence-electron chi connectivity index (χ0n) is 17.4. The average Bonchev–Trinajstić information content (AvgIpc) is 3.20. The van der Waals surface area contributed by atoms with Gasteiger partial charge >= 0.3 is 0 Å². The molecular weight excluding hydrogens is 389 g/mol.